The van der Waals surface area contributed by atoms with Gasteiger partial charge in [-0.25, -0.2) is 12.7 Å². The monoisotopic (exact) mass is 278 g/mol. The Morgan fingerprint density at radius 2 is 1.83 bits per heavy atom. The zero-order valence-corrected chi connectivity index (χ0v) is 13.6. The van der Waals surface area contributed by atoms with Gasteiger partial charge in [0, 0.05) is 13.1 Å². The van der Waals surface area contributed by atoms with Crippen LogP contribution in [-0.2, 0) is 10.0 Å². The van der Waals surface area contributed by atoms with Gasteiger partial charge in [0.15, 0.2) is 0 Å². The van der Waals surface area contributed by atoms with Crippen molar-refractivity contribution in [2.24, 2.45) is 11.3 Å². The SMILES string of the molecule is CCN(CCCNCC(C)C(C)(C)C)S(C)(=O)=O. The van der Waals surface area contributed by atoms with Gasteiger partial charge in [0.2, 0.25) is 10.0 Å². The molecule has 0 heterocycles. The van der Waals surface area contributed by atoms with Gasteiger partial charge < -0.3 is 5.32 Å². The van der Waals surface area contributed by atoms with Crippen molar-refractivity contribution in [3.63, 3.8) is 0 Å². The van der Waals surface area contributed by atoms with Crippen LogP contribution < -0.4 is 5.32 Å². The molecule has 0 spiro atoms. The molecule has 0 bridgehead atoms. The molecule has 0 saturated carbocycles. The second-order valence-corrected chi connectivity index (χ2v) is 8.06. The van der Waals surface area contributed by atoms with Gasteiger partial charge in [0.05, 0.1) is 6.26 Å². The van der Waals surface area contributed by atoms with E-state index in [2.05, 4.69) is 33.0 Å². The van der Waals surface area contributed by atoms with Gasteiger partial charge in [-0.3, -0.25) is 0 Å². The van der Waals surface area contributed by atoms with Gasteiger partial charge in [-0.2, -0.15) is 0 Å². The Morgan fingerprint density at radius 1 is 1.28 bits per heavy atom. The number of sulfonamides is 1. The number of hydrogen-bond donors (Lipinski definition) is 1. The van der Waals surface area contributed by atoms with Crippen LogP contribution in [0.15, 0.2) is 0 Å². The van der Waals surface area contributed by atoms with Crippen molar-refractivity contribution in [2.75, 3.05) is 32.4 Å². The van der Waals surface area contributed by atoms with Gasteiger partial charge in [0.25, 0.3) is 0 Å². The first kappa shape index (κ1) is 17.9. The number of rotatable bonds is 8. The van der Waals surface area contributed by atoms with Crippen LogP contribution in [0.3, 0.4) is 0 Å². The van der Waals surface area contributed by atoms with Crippen LogP contribution in [0.2, 0.25) is 0 Å². The summed E-state index contributed by atoms with van der Waals surface area (Å²) in [6, 6.07) is 0. The van der Waals surface area contributed by atoms with Gasteiger partial charge in [-0.05, 0) is 30.8 Å². The highest BCUT2D eigenvalue weighted by Gasteiger charge is 2.19. The van der Waals surface area contributed by atoms with E-state index in [0.29, 0.717) is 24.4 Å². The quantitative estimate of drug-likeness (QED) is 0.690. The Morgan fingerprint density at radius 3 is 2.22 bits per heavy atom. The summed E-state index contributed by atoms with van der Waals surface area (Å²) in [5, 5.41) is 3.40. The molecule has 0 aliphatic carbocycles. The van der Waals surface area contributed by atoms with Gasteiger partial charge >= 0.3 is 0 Å². The molecule has 18 heavy (non-hydrogen) atoms. The largest absolute Gasteiger partial charge is 0.316 e. The van der Waals surface area contributed by atoms with Crippen LogP contribution in [0.5, 0.6) is 0 Å². The average Bonchev–Trinajstić information content (AvgIpc) is 2.19. The second-order valence-electron chi connectivity index (χ2n) is 6.08. The van der Waals surface area contributed by atoms with E-state index in [1.54, 1.807) is 0 Å². The van der Waals surface area contributed by atoms with E-state index in [1.807, 2.05) is 6.92 Å². The molecule has 0 aromatic rings. The maximum absolute atomic E-state index is 11.4. The molecular formula is C13H30N2O2S. The van der Waals surface area contributed by atoms with Gasteiger partial charge in [-0.15, -0.1) is 0 Å². The summed E-state index contributed by atoms with van der Waals surface area (Å²) in [6.45, 7) is 13.8. The van der Waals surface area contributed by atoms with Crippen LogP contribution in [0.25, 0.3) is 0 Å². The molecule has 0 saturated heterocycles. The normalized spacial score (nSPS) is 15.1. The Balaban J connectivity index is 3.81. The number of hydrogen-bond acceptors (Lipinski definition) is 3. The van der Waals surface area contributed by atoms with E-state index in [0.717, 1.165) is 19.5 Å². The Labute approximate surface area is 113 Å². The molecule has 0 aliphatic rings. The maximum atomic E-state index is 11.4. The fourth-order valence-corrected chi connectivity index (χ4v) is 2.49. The molecule has 1 atom stereocenters. The molecule has 0 aromatic heterocycles. The van der Waals surface area contributed by atoms with Crippen molar-refractivity contribution in [3.05, 3.63) is 0 Å². The van der Waals surface area contributed by atoms with Crippen LogP contribution in [0.1, 0.15) is 41.0 Å². The molecule has 0 aromatic carbocycles. The minimum atomic E-state index is -3.04. The fourth-order valence-electron chi connectivity index (χ4n) is 1.56. The van der Waals surface area contributed by atoms with Crippen molar-refractivity contribution in [3.8, 4) is 0 Å². The van der Waals surface area contributed by atoms with Crippen LogP contribution in [-0.4, -0.2) is 45.2 Å². The predicted molar refractivity (Wildman–Crippen MR) is 78.2 cm³/mol. The number of nitrogens with one attached hydrogen (secondary N) is 1. The lowest BCUT2D eigenvalue weighted by Gasteiger charge is -2.27. The molecule has 4 nitrogen and oxygen atoms in total. The molecule has 0 radical (unpaired) electrons. The molecular weight excluding hydrogens is 248 g/mol. The maximum Gasteiger partial charge on any atom is 0.211 e. The van der Waals surface area contributed by atoms with E-state index in [-0.39, 0.29) is 0 Å². The van der Waals surface area contributed by atoms with E-state index < -0.39 is 10.0 Å². The highest BCUT2D eigenvalue weighted by Crippen LogP contribution is 2.24. The van der Waals surface area contributed by atoms with Gasteiger partial charge in [-0.1, -0.05) is 34.6 Å². The molecule has 0 rings (SSSR count). The molecule has 1 unspecified atom stereocenters. The summed E-state index contributed by atoms with van der Waals surface area (Å²) in [5.74, 6) is 0.606. The first-order valence-electron chi connectivity index (χ1n) is 6.75. The van der Waals surface area contributed by atoms with Crippen molar-refractivity contribution >= 4 is 10.0 Å². The summed E-state index contributed by atoms with van der Waals surface area (Å²) in [5.41, 5.74) is 0.315. The molecule has 0 aliphatic heterocycles. The highest BCUT2D eigenvalue weighted by molar-refractivity contribution is 7.88. The van der Waals surface area contributed by atoms with Gasteiger partial charge in [0.1, 0.15) is 0 Å². The fraction of sp³-hybridized carbons (Fsp3) is 1.00. The predicted octanol–water partition coefficient (Wildman–Crippen LogP) is 1.93. The van der Waals surface area contributed by atoms with Crippen molar-refractivity contribution < 1.29 is 8.42 Å². The summed E-state index contributed by atoms with van der Waals surface area (Å²) in [6.07, 6.45) is 2.13. The third kappa shape index (κ3) is 7.34. The summed E-state index contributed by atoms with van der Waals surface area (Å²) in [4.78, 5) is 0. The zero-order valence-electron chi connectivity index (χ0n) is 12.8. The zero-order chi connectivity index (χ0) is 14.4. The minimum Gasteiger partial charge on any atom is -0.316 e. The minimum absolute atomic E-state index is 0.315. The molecule has 110 valence electrons. The lowest BCUT2D eigenvalue weighted by atomic mass is 9.82. The lowest BCUT2D eigenvalue weighted by Crippen LogP contribution is -2.34. The van der Waals surface area contributed by atoms with Crippen molar-refractivity contribution in [1.82, 2.24) is 9.62 Å². The summed E-state index contributed by atoms with van der Waals surface area (Å²) in [7, 11) is -3.04. The Bertz CT molecular complexity index is 320. The number of nitrogens with zero attached hydrogens (tertiary/aromatic N) is 1. The molecule has 0 fully saturated rings. The van der Waals surface area contributed by atoms with Crippen molar-refractivity contribution in [2.45, 2.75) is 41.0 Å². The van der Waals surface area contributed by atoms with E-state index >= 15 is 0 Å². The first-order chi connectivity index (χ1) is 8.09. The van der Waals surface area contributed by atoms with Crippen LogP contribution in [0.4, 0.5) is 0 Å². The lowest BCUT2D eigenvalue weighted by molar-refractivity contribution is 0.252. The Hall–Kier alpha value is -0.130. The average molecular weight is 278 g/mol. The molecule has 5 heteroatoms. The Kier molecular flexibility index (Phi) is 7.40. The van der Waals surface area contributed by atoms with Crippen LogP contribution >= 0.6 is 0 Å². The second kappa shape index (κ2) is 7.46. The van der Waals surface area contributed by atoms with E-state index in [4.69, 9.17) is 0 Å². The summed E-state index contributed by atoms with van der Waals surface area (Å²) < 4.78 is 24.3. The van der Waals surface area contributed by atoms with Crippen LogP contribution in [0, 0.1) is 11.3 Å². The molecule has 0 amide bonds. The third-order valence-corrected chi connectivity index (χ3v) is 4.89. The van der Waals surface area contributed by atoms with Crippen molar-refractivity contribution in [1.29, 1.82) is 0 Å². The van der Waals surface area contributed by atoms with E-state index in [1.165, 1.54) is 10.6 Å². The van der Waals surface area contributed by atoms with E-state index in [9.17, 15) is 8.42 Å². The standard InChI is InChI=1S/C13H30N2O2S/c1-7-15(18(6,16)17)10-8-9-14-11-12(2)13(3,4)5/h12,14H,7-11H2,1-6H3. The summed E-state index contributed by atoms with van der Waals surface area (Å²) >= 11 is 0. The molecule has 1 N–H and O–H groups in total. The third-order valence-electron chi connectivity index (χ3n) is 3.51. The first-order valence-corrected chi connectivity index (χ1v) is 8.59. The topological polar surface area (TPSA) is 49.4 Å². The smallest absolute Gasteiger partial charge is 0.211 e. The highest BCUT2D eigenvalue weighted by atomic mass is 32.2.